The third-order valence-corrected chi connectivity index (χ3v) is 9.05. The van der Waals surface area contributed by atoms with Crippen LogP contribution in [0.5, 0.6) is 0 Å². The summed E-state index contributed by atoms with van der Waals surface area (Å²) in [5.74, 6) is 1.76. The molecule has 10 nitrogen and oxygen atoms in total. The highest BCUT2D eigenvalue weighted by molar-refractivity contribution is 7.19. The van der Waals surface area contributed by atoms with Gasteiger partial charge in [-0.3, -0.25) is 14.4 Å². The van der Waals surface area contributed by atoms with E-state index in [1.807, 2.05) is 19.3 Å². The molecule has 0 unspecified atom stereocenters. The van der Waals surface area contributed by atoms with Crippen molar-refractivity contribution < 1.29 is 9.53 Å². The highest BCUT2D eigenvalue weighted by atomic mass is 32.1. The van der Waals surface area contributed by atoms with Crippen LogP contribution < -0.4 is 16.4 Å². The summed E-state index contributed by atoms with van der Waals surface area (Å²) in [4.78, 5) is 26.6. The lowest BCUT2D eigenvalue weighted by Crippen LogP contribution is -2.46. The van der Waals surface area contributed by atoms with Crippen molar-refractivity contribution in [1.29, 1.82) is 0 Å². The maximum absolute atomic E-state index is 12.0. The molecule has 1 aliphatic heterocycles. The van der Waals surface area contributed by atoms with E-state index in [1.165, 1.54) is 23.3 Å². The van der Waals surface area contributed by atoms with Gasteiger partial charge < -0.3 is 21.1 Å². The molecule has 0 radical (unpaired) electrons. The first-order chi connectivity index (χ1) is 17.5. The van der Waals surface area contributed by atoms with Gasteiger partial charge in [-0.25, -0.2) is 4.98 Å². The second-order valence-electron chi connectivity index (χ2n) is 10.2. The molecular weight excluding hydrogens is 476 g/mol. The average Bonchev–Trinajstić information content (AvgIpc) is 3.47. The molecule has 11 heteroatoms. The summed E-state index contributed by atoms with van der Waals surface area (Å²) in [6.45, 7) is 3.78. The van der Waals surface area contributed by atoms with Gasteiger partial charge in [0.25, 0.3) is 0 Å². The van der Waals surface area contributed by atoms with Crippen LogP contribution in [0.1, 0.15) is 42.5 Å². The molecule has 3 aromatic rings. The molecule has 2 fully saturated rings. The SMILES string of the molecule is Cn1ccc(Nc2nc(NC3CCC(N4CCOCC4)CC3)c3c4c(sc3n2)CC[C@@H](C(N)=O)C4)n1. The number of thiophene rings is 1. The number of carbonyl (C=O) groups is 1. The van der Waals surface area contributed by atoms with Crippen LogP contribution in [0, 0.1) is 5.92 Å². The molecule has 36 heavy (non-hydrogen) atoms. The van der Waals surface area contributed by atoms with Crippen molar-refractivity contribution in [2.75, 3.05) is 36.9 Å². The fourth-order valence-corrected chi connectivity index (χ4v) is 7.11. The van der Waals surface area contributed by atoms with Crippen molar-refractivity contribution in [2.45, 2.75) is 57.0 Å². The summed E-state index contributed by atoms with van der Waals surface area (Å²) in [7, 11) is 1.89. The molecule has 6 rings (SSSR count). The smallest absolute Gasteiger partial charge is 0.231 e. The first kappa shape index (κ1) is 23.6. The minimum atomic E-state index is -0.217. The number of ether oxygens (including phenoxy) is 1. The van der Waals surface area contributed by atoms with Gasteiger partial charge in [-0.15, -0.1) is 11.3 Å². The van der Waals surface area contributed by atoms with Crippen LogP contribution in [-0.2, 0) is 29.4 Å². The molecule has 1 amide bonds. The van der Waals surface area contributed by atoms with Gasteiger partial charge in [0.15, 0.2) is 5.82 Å². The molecule has 2 aliphatic carbocycles. The molecule has 192 valence electrons. The Kier molecular flexibility index (Phi) is 6.53. The Morgan fingerprint density at radius 1 is 1.17 bits per heavy atom. The standard InChI is InChI=1S/C25H34N8O2S/c1-32-9-8-20(31-32)28-25-29-23(27-16-3-5-17(6-4-16)33-10-12-35-13-11-33)21-18-14-15(22(26)34)2-7-19(18)36-24(21)30-25/h8-9,15-17H,2-7,10-14H2,1H3,(H2,26,34)(H2,27,28,29,30,31)/t15-,16?,17?/m1/s1. The van der Waals surface area contributed by atoms with Crippen LogP contribution in [0.15, 0.2) is 12.3 Å². The molecule has 1 saturated heterocycles. The van der Waals surface area contributed by atoms with Crippen LogP contribution in [0.4, 0.5) is 17.6 Å². The number of hydrogen-bond acceptors (Lipinski definition) is 9. The molecule has 1 atom stereocenters. The van der Waals surface area contributed by atoms with Gasteiger partial charge in [0.05, 0.1) is 18.6 Å². The van der Waals surface area contributed by atoms with E-state index in [0.717, 1.165) is 68.0 Å². The zero-order chi connectivity index (χ0) is 24.6. The number of primary amides is 1. The Labute approximate surface area is 214 Å². The third kappa shape index (κ3) is 4.79. The zero-order valence-electron chi connectivity index (χ0n) is 20.7. The van der Waals surface area contributed by atoms with Crippen molar-refractivity contribution in [1.82, 2.24) is 24.6 Å². The molecule has 4 heterocycles. The topological polar surface area (TPSA) is 123 Å². The molecule has 3 aliphatic rings. The Bertz CT molecular complexity index is 1240. The first-order valence-electron chi connectivity index (χ1n) is 13.0. The van der Waals surface area contributed by atoms with E-state index >= 15 is 0 Å². The summed E-state index contributed by atoms with van der Waals surface area (Å²) in [6, 6.07) is 2.91. The van der Waals surface area contributed by atoms with E-state index in [2.05, 4.69) is 20.6 Å². The Morgan fingerprint density at radius 3 is 2.69 bits per heavy atom. The Balaban J connectivity index is 1.28. The van der Waals surface area contributed by atoms with Crippen molar-refractivity contribution >= 4 is 45.0 Å². The molecule has 1 saturated carbocycles. The van der Waals surface area contributed by atoms with Crippen LogP contribution in [0.25, 0.3) is 10.2 Å². The van der Waals surface area contributed by atoms with Gasteiger partial charge in [-0.2, -0.15) is 10.1 Å². The quantitative estimate of drug-likeness (QED) is 0.463. The number of morpholine rings is 1. The highest BCUT2D eigenvalue weighted by Gasteiger charge is 2.31. The number of nitrogens with zero attached hydrogens (tertiary/aromatic N) is 5. The number of hydrogen-bond donors (Lipinski definition) is 3. The van der Waals surface area contributed by atoms with Crippen LogP contribution >= 0.6 is 11.3 Å². The largest absolute Gasteiger partial charge is 0.379 e. The summed E-state index contributed by atoms with van der Waals surface area (Å²) < 4.78 is 7.29. The zero-order valence-corrected chi connectivity index (χ0v) is 21.5. The van der Waals surface area contributed by atoms with E-state index in [9.17, 15) is 4.79 Å². The minimum Gasteiger partial charge on any atom is -0.379 e. The van der Waals surface area contributed by atoms with Crippen molar-refractivity contribution in [2.24, 2.45) is 18.7 Å². The van der Waals surface area contributed by atoms with Gasteiger partial charge in [-0.1, -0.05) is 0 Å². The summed E-state index contributed by atoms with van der Waals surface area (Å²) >= 11 is 1.71. The van der Waals surface area contributed by atoms with Crippen molar-refractivity contribution in [3.8, 4) is 0 Å². The van der Waals surface area contributed by atoms with Crippen LogP contribution in [0.3, 0.4) is 0 Å². The number of nitrogens with two attached hydrogens (primary N) is 1. The number of fused-ring (bicyclic) bond motifs is 3. The Hall–Kier alpha value is -2.76. The first-order valence-corrected chi connectivity index (χ1v) is 13.8. The lowest BCUT2D eigenvalue weighted by atomic mass is 9.86. The average molecular weight is 511 g/mol. The highest BCUT2D eigenvalue weighted by Crippen LogP contribution is 2.41. The second kappa shape index (κ2) is 9.95. The van der Waals surface area contributed by atoms with E-state index in [1.54, 1.807) is 16.0 Å². The van der Waals surface area contributed by atoms with Gasteiger partial charge in [0.1, 0.15) is 10.6 Å². The number of anilines is 3. The monoisotopic (exact) mass is 510 g/mol. The van der Waals surface area contributed by atoms with Crippen molar-refractivity contribution in [3.05, 3.63) is 22.7 Å². The summed E-state index contributed by atoms with van der Waals surface area (Å²) in [5, 5.41) is 12.5. The number of aryl methyl sites for hydroxylation is 2. The third-order valence-electron chi connectivity index (χ3n) is 7.86. The number of rotatable bonds is 6. The summed E-state index contributed by atoms with van der Waals surface area (Å²) in [5.41, 5.74) is 6.89. The number of amides is 1. The number of carbonyl (C=O) groups excluding carboxylic acids is 1. The van der Waals surface area contributed by atoms with E-state index in [-0.39, 0.29) is 11.8 Å². The number of nitrogens with one attached hydrogen (secondary N) is 2. The fraction of sp³-hybridized carbons (Fsp3) is 0.600. The normalized spacial score (nSPS) is 25.0. The van der Waals surface area contributed by atoms with Crippen molar-refractivity contribution in [3.63, 3.8) is 0 Å². The van der Waals surface area contributed by atoms with Gasteiger partial charge in [0, 0.05) is 55.3 Å². The molecule has 4 N–H and O–H groups in total. The lowest BCUT2D eigenvalue weighted by molar-refractivity contribution is -0.122. The van der Waals surface area contributed by atoms with Gasteiger partial charge in [-0.05, 0) is 50.5 Å². The molecule has 0 bridgehead atoms. The fourth-order valence-electron chi connectivity index (χ4n) is 5.90. The lowest BCUT2D eigenvalue weighted by Gasteiger charge is -2.39. The minimum absolute atomic E-state index is 0.126. The van der Waals surface area contributed by atoms with Crippen LogP contribution in [0.2, 0.25) is 0 Å². The van der Waals surface area contributed by atoms with E-state index in [4.69, 9.17) is 20.4 Å². The summed E-state index contributed by atoms with van der Waals surface area (Å²) in [6.07, 6.45) is 8.78. The van der Waals surface area contributed by atoms with E-state index < -0.39 is 0 Å². The predicted octanol–water partition coefficient (Wildman–Crippen LogP) is 2.81. The maximum Gasteiger partial charge on any atom is 0.231 e. The molecular formula is C25H34N8O2S. The van der Waals surface area contributed by atoms with Gasteiger partial charge >= 0.3 is 0 Å². The molecule has 3 aromatic heterocycles. The number of aromatic nitrogens is 4. The van der Waals surface area contributed by atoms with E-state index in [0.29, 0.717) is 30.3 Å². The Morgan fingerprint density at radius 2 is 1.97 bits per heavy atom. The van der Waals surface area contributed by atoms with Gasteiger partial charge in [0.2, 0.25) is 11.9 Å². The van der Waals surface area contributed by atoms with Crippen LogP contribution in [-0.4, -0.2) is 68.9 Å². The molecule has 0 spiro atoms. The molecule has 0 aromatic carbocycles. The maximum atomic E-state index is 12.0. The predicted molar refractivity (Wildman–Crippen MR) is 141 cm³/mol. The second-order valence-corrected chi connectivity index (χ2v) is 11.3.